The highest BCUT2D eigenvalue weighted by molar-refractivity contribution is 5.29. The maximum Gasteiger partial charge on any atom is 0.137 e. The molecule has 1 fully saturated rings. The van der Waals surface area contributed by atoms with E-state index in [1.165, 1.54) is 0 Å². The van der Waals surface area contributed by atoms with Crippen LogP contribution >= 0.6 is 0 Å². The zero-order valence-electron chi connectivity index (χ0n) is 11.0. The molecule has 1 aliphatic heterocycles. The van der Waals surface area contributed by atoms with Crippen LogP contribution in [-0.2, 0) is 10.3 Å². The molecule has 18 heavy (non-hydrogen) atoms. The SMILES string of the molecule is CCCOc1cncc(C2(N)CCCOCC2)c1. The van der Waals surface area contributed by atoms with Gasteiger partial charge in [0.2, 0.25) is 0 Å². The van der Waals surface area contributed by atoms with Crippen molar-refractivity contribution in [3.05, 3.63) is 24.0 Å². The van der Waals surface area contributed by atoms with E-state index in [9.17, 15) is 0 Å². The normalized spacial score (nSPS) is 24.6. The van der Waals surface area contributed by atoms with Gasteiger partial charge < -0.3 is 15.2 Å². The maximum absolute atomic E-state index is 6.50. The summed E-state index contributed by atoms with van der Waals surface area (Å²) in [5.74, 6) is 0.810. The second-order valence-corrected chi connectivity index (χ2v) is 4.88. The summed E-state index contributed by atoms with van der Waals surface area (Å²) >= 11 is 0. The van der Waals surface area contributed by atoms with Crippen molar-refractivity contribution in [1.82, 2.24) is 4.98 Å². The first-order chi connectivity index (χ1) is 8.74. The van der Waals surface area contributed by atoms with Crippen LogP contribution in [0.15, 0.2) is 18.5 Å². The van der Waals surface area contributed by atoms with E-state index in [0.717, 1.165) is 50.2 Å². The predicted octanol–water partition coefficient (Wildman–Crippen LogP) is 2.22. The summed E-state index contributed by atoms with van der Waals surface area (Å²) in [6.45, 7) is 4.32. The van der Waals surface area contributed by atoms with Gasteiger partial charge in [0.15, 0.2) is 0 Å². The van der Waals surface area contributed by atoms with Crippen molar-refractivity contribution < 1.29 is 9.47 Å². The number of aromatic nitrogens is 1. The highest BCUT2D eigenvalue weighted by Gasteiger charge is 2.29. The average molecular weight is 250 g/mol. The zero-order chi connectivity index (χ0) is 12.8. The van der Waals surface area contributed by atoms with E-state index < -0.39 is 0 Å². The van der Waals surface area contributed by atoms with Gasteiger partial charge in [-0.15, -0.1) is 0 Å². The largest absolute Gasteiger partial charge is 0.492 e. The summed E-state index contributed by atoms with van der Waals surface area (Å²) in [6.07, 6.45) is 7.36. The van der Waals surface area contributed by atoms with Gasteiger partial charge in [-0.3, -0.25) is 4.98 Å². The number of hydrogen-bond donors (Lipinski definition) is 1. The molecule has 2 N–H and O–H groups in total. The van der Waals surface area contributed by atoms with Crippen molar-refractivity contribution in [2.24, 2.45) is 5.73 Å². The molecule has 0 bridgehead atoms. The van der Waals surface area contributed by atoms with E-state index in [1.54, 1.807) is 6.20 Å². The van der Waals surface area contributed by atoms with Gasteiger partial charge in [0.05, 0.1) is 12.8 Å². The first-order valence-corrected chi connectivity index (χ1v) is 6.69. The summed E-state index contributed by atoms with van der Waals surface area (Å²) < 4.78 is 11.1. The Balaban J connectivity index is 2.15. The van der Waals surface area contributed by atoms with Crippen LogP contribution < -0.4 is 10.5 Å². The van der Waals surface area contributed by atoms with Crippen LogP contribution in [0.5, 0.6) is 5.75 Å². The van der Waals surface area contributed by atoms with E-state index >= 15 is 0 Å². The third-order valence-corrected chi connectivity index (χ3v) is 3.37. The molecule has 0 aromatic carbocycles. The standard InChI is InChI=1S/C14H22N2O2/c1-2-6-18-13-9-12(10-16-11-13)14(15)4-3-7-17-8-5-14/h9-11H,2-8,15H2,1H3. The molecule has 4 nitrogen and oxygen atoms in total. The lowest BCUT2D eigenvalue weighted by atomic mass is 9.85. The molecule has 1 unspecified atom stereocenters. The number of hydrogen-bond acceptors (Lipinski definition) is 4. The Kier molecular flexibility index (Phi) is 4.55. The molecular formula is C14H22N2O2. The summed E-state index contributed by atoms with van der Waals surface area (Å²) in [4.78, 5) is 4.24. The molecule has 100 valence electrons. The molecule has 4 heteroatoms. The minimum Gasteiger partial charge on any atom is -0.492 e. The Labute approximate surface area is 108 Å². The number of ether oxygens (including phenoxy) is 2. The summed E-state index contributed by atoms with van der Waals surface area (Å²) in [5, 5.41) is 0. The van der Waals surface area contributed by atoms with Crippen LogP contribution in [-0.4, -0.2) is 24.8 Å². The van der Waals surface area contributed by atoms with Crippen LogP contribution in [0.3, 0.4) is 0 Å². The first-order valence-electron chi connectivity index (χ1n) is 6.69. The molecule has 0 amide bonds. The first kappa shape index (κ1) is 13.3. The van der Waals surface area contributed by atoms with Crippen LogP contribution in [0.1, 0.15) is 38.2 Å². The van der Waals surface area contributed by atoms with Crippen molar-refractivity contribution in [2.75, 3.05) is 19.8 Å². The number of rotatable bonds is 4. The number of pyridine rings is 1. The maximum atomic E-state index is 6.50. The lowest BCUT2D eigenvalue weighted by molar-refractivity contribution is 0.139. The van der Waals surface area contributed by atoms with Crippen molar-refractivity contribution in [3.63, 3.8) is 0 Å². The summed E-state index contributed by atoms with van der Waals surface area (Å²) in [5.41, 5.74) is 7.24. The van der Waals surface area contributed by atoms with Gasteiger partial charge in [-0.1, -0.05) is 6.92 Å². The molecule has 1 atom stereocenters. The molecule has 2 heterocycles. The highest BCUT2D eigenvalue weighted by atomic mass is 16.5. The average Bonchev–Trinajstić information content (AvgIpc) is 2.63. The molecule has 2 rings (SSSR count). The van der Waals surface area contributed by atoms with Crippen LogP contribution in [0.2, 0.25) is 0 Å². The molecule has 0 spiro atoms. The quantitative estimate of drug-likeness (QED) is 0.890. The predicted molar refractivity (Wildman–Crippen MR) is 70.6 cm³/mol. The Morgan fingerprint density at radius 3 is 3.11 bits per heavy atom. The highest BCUT2D eigenvalue weighted by Crippen LogP contribution is 2.30. The fourth-order valence-electron chi connectivity index (χ4n) is 2.25. The van der Waals surface area contributed by atoms with Crippen LogP contribution in [0, 0.1) is 0 Å². The zero-order valence-corrected chi connectivity index (χ0v) is 11.0. The van der Waals surface area contributed by atoms with E-state index in [4.69, 9.17) is 15.2 Å². The molecule has 1 aromatic rings. The van der Waals surface area contributed by atoms with Crippen molar-refractivity contribution in [1.29, 1.82) is 0 Å². The van der Waals surface area contributed by atoms with Crippen molar-refractivity contribution in [3.8, 4) is 5.75 Å². The van der Waals surface area contributed by atoms with Gasteiger partial charge in [0, 0.05) is 24.9 Å². The lowest BCUT2D eigenvalue weighted by Gasteiger charge is -2.27. The van der Waals surface area contributed by atoms with Crippen LogP contribution in [0.4, 0.5) is 0 Å². The molecule has 1 aromatic heterocycles. The minimum absolute atomic E-state index is 0.324. The third kappa shape index (κ3) is 3.21. The monoisotopic (exact) mass is 250 g/mol. The Morgan fingerprint density at radius 1 is 1.39 bits per heavy atom. The second-order valence-electron chi connectivity index (χ2n) is 4.88. The van der Waals surface area contributed by atoms with E-state index in [1.807, 2.05) is 12.3 Å². The van der Waals surface area contributed by atoms with Gasteiger partial charge in [0.1, 0.15) is 5.75 Å². The Hall–Kier alpha value is -1.13. The van der Waals surface area contributed by atoms with Gasteiger partial charge in [0.25, 0.3) is 0 Å². The smallest absolute Gasteiger partial charge is 0.137 e. The van der Waals surface area contributed by atoms with Crippen LogP contribution in [0.25, 0.3) is 0 Å². The van der Waals surface area contributed by atoms with Crippen molar-refractivity contribution in [2.45, 2.75) is 38.1 Å². The van der Waals surface area contributed by atoms with Gasteiger partial charge >= 0.3 is 0 Å². The molecular weight excluding hydrogens is 228 g/mol. The van der Waals surface area contributed by atoms with Gasteiger partial charge in [-0.05, 0) is 37.3 Å². The molecule has 1 saturated heterocycles. The third-order valence-electron chi connectivity index (χ3n) is 3.37. The van der Waals surface area contributed by atoms with E-state index in [0.29, 0.717) is 6.61 Å². The number of nitrogens with zero attached hydrogens (tertiary/aromatic N) is 1. The van der Waals surface area contributed by atoms with Crippen molar-refractivity contribution >= 4 is 0 Å². The van der Waals surface area contributed by atoms with Gasteiger partial charge in [-0.25, -0.2) is 0 Å². The lowest BCUT2D eigenvalue weighted by Crippen LogP contribution is -2.37. The van der Waals surface area contributed by atoms with E-state index in [-0.39, 0.29) is 5.54 Å². The minimum atomic E-state index is -0.324. The Bertz CT molecular complexity index is 374. The Morgan fingerprint density at radius 2 is 2.28 bits per heavy atom. The fraction of sp³-hybridized carbons (Fsp3) is 0.643. The number of nitrogens with two attached hydrogens (primary N) is 1. The fourth-order valence-corrected chi connectivity index (χ4v) is 2.25. The molecule has 1 aliphatic rings. The molecule has 0 saturated carbocycles. The molecule has 0 radical (unpaired) electrons. The second kappa shape index (κ2) is 6.16. The van der Waals surface area contributed by atoms with Gasteiger partial charge in [-0.2, -0.15) is 0 Å². The summed E-state index contributed by atoms with van der Waals surface area (Å²) in [7, 11) is 0. The topological polar surface area (TPSA) is 57.4 Å². The van der Waals surface area contributed by atoms with E-state index in [2.05, 4.69) is 11.9 Å². The molecule has 0 aliphatic carbocycles. The summed E-state index contributed by atoms with van der Waals surface area (Å²) in [6, 6.07) is 2.02.